The van der Waals surface area contributed by atoms with Gasteiger partial charge in [-0.3, -0.25) is 9.59 Å². The van der Waals surface area contributed by atoms with Crippen LogP contribution in [0.4, 0.5) is 4.79 Å². The van der Waals surface area contributed by atoms with Gasteiger partial charge in [-0.2, -0.15) is 0 Å². The van der Waals surface area contributed by atoms with Crippen LogP contribution in [-0.2, 0) is 19.0 Å². The molecule has 9 nitrogen and oxygen atoms in total. The van der Waals surface area contributed by atoms with E-state index in [0.29, 0.717) is 50.7 Å². The molecular weight excluding hydrogens is 368 g/mol. The van der Waals surface area contributed by atoms with E-state index in [1.807, 2.05) is 0 Å². The summed E-state index contributed by atoms with van der Waals surface area (Å²) in [5.74, 6) is 0.0775. The molecule has 28 heavy (non-hydrogen) atoms. The lowest BCUT2D eigenvalue weighted by Gasteiger charge is -2.34. The topological polar surface area (TPSA) is 94.6 Å². The van der Waals surface area contributed by atoms with Crippen molar-refractivity contribution in [3.05, 3.63) is 29.8 Å². The number of methoxy groups -OCH3 is 1. The molecule has 0 atom stereocenters. The Morgan fingerprint density at radius 1 is 0.964 bits per heavy atom. The number of nitrogens with zero attached hydrogens (tertiary/aromatic N) is 2. The molecule has 2 rings (SSSR count). The first-order valence-electron chi connectivity index (χ1n) is 9.13. The molecule has 1 aromatic carbocycles. The van der Waals surface area contributed by atoms with Crippen LogP contribution in [0, 0.1) is 0 Å². The SMILES string of the molecule is CCOC(=O)Oc1ccc(C(=O)N2CCN(C(=O)COCCOC)CC2)cc1. The van der Waals surface area contributed by atoms with Gasteiger partial charge in [-0.05, 0) is 31.2 Å². The number of ether oxygens (including phenoxy) is 4. The molecule has 0 N–H and O–H groups in total. The molecule has 0 spiro atoms. The van der Waals surface area contributed by atoms with Crippen molar-refractivity contribution < 1.29 is 33.3 Å². The number of carbonyl (C=O) groups is 3. The van der Waals surface area contributed by atoms with E-state index >= 15 is 0 Å². The molecule has 0 aromatic heterocycles. The van der Waals surface area contributed by atoms with Crippen LogP contribution in [0.1, 0.15) is 17.3 Å². The Hall–Kier alpha value is -2.65. The third-order valence-corrected chi connectivity index (χ3v) is 4.14. The van der Waals surface area contributed by atoms with Crippen LogP contribution in [0.15, 0.2) is 24.3 Å². The van der Waals surface area contributed by atoms with Gasteiger partial charge in [0, 0.05) is 38.9 Å². The third-order valence-electron chi connectivity index (χ3n) is 4.14. The summed E-state index contributed by atoms with van der Waals surface area (Å²) in [6, 6.07) is 6.28. The molecule has 0 aliphatic carbocycles. The van der Waals surface area contributed by atoms with Gasteiger partial charge in [-0.1, -0.05) is 0 Å². The van der Waals surface area contributed by atoms with Crippen molar-refractivity contribution in [1.29, 1.82) is 0 Å². The maximum atomic E-state index is 12.6. The Labute approximate surface area is 164 Å². The maximum Gasteiger partial charge on any atom is 0.513 e. The molecule has 154 valence electrons. The monoisotopic (exact) mass is 394 g/mol. The second-order valence-electron chi connectivity index (χ2n) is 6.03. The minimum atomic E-state index is -0.784. The number of carbonyl (C=O) groups excluding carboxylic acids is 3. The predicted octanol–water partition coefficient (Wildman–Crippen LogP) is 1.17. The molecule has 0 radical (unpaired) electrons. The molecule has 1 aliphatic rings. The summed E-state index contributed by atoms with van der Waals surface area (Å²) < 4.78 is 19.8. The molecule has 1 saturated heterocycles. The Balaban J connectivity index is 1.79. The van der Waals surface area contributed by atoms with Crippen LogP contribution in [0.3, 0.4) is 0 Å². The van der Waals surface area contributed by atoms with Gasteiger partial charge < -0.3 is 28.7 Å². The van der Waals surface area contributed by atoms with Crippen molar-refractivity contribution >= 4 is 18.0 Å². The normalized spacial score (nSPS) is 13.9. The minimum Gasteiger partial charge on any atom is -0.434 e. The molecule has 0 unspecified atom stereocenters. The molecule has 1 heterocycles. The van der Waals surface area contributed by atoms with Gasteiger partial charge >= 0.3 is 6.16 Å². The lowest BCUT2D eigenvalue weighted by atomic mass is 10.1. The lowest BCUT2D eigenvalue weighted by Crippen LogP contribution is -2.51. The van der Waals surface area contributed by atoms with Gasteiger partial charge in [-0.25, -0.2) is 4.79 Å². The first-order valence-corrected chi connectivity index (χ1v) is 9.13. The predicted molar refractivity (Wildman–Crippen MR) is 99.3 cm³/mol. The van der Waals surface area contributed by atoms with E-state index in [0.717, 1.165) is 0 Å². The zero-order valence-electron chi connectivity index (χ0n) is 16.2. The zero-order chi connectivity index (χ0) is 20.4. The molecule has 1 aromatic rings. The fraction of sp³-hybridized carbons (Fsp3) is 0.526. The highest BCUT2D eigenvalue weighted by atomic mass is 16.7. The third kappa shape index (κ3) is 6.50. The summed E-state index contributed by atoms with van der Waals surface area (Å²) >= 11 is 0. The molecule has 1 aliphatic heterocycles. The molecule has 0 bridgehead atoms. The van der Waals surface area contributed by atoms with E-state index in [1.54, 1.807) is 48.1 Å². The van der Waals surface area contributed by atoms with Crippen molar-refractivity contribution in [2.24, 2.45) is 0 Å². The van der Waals surface area contributed by atoms with Crippen LogP contribution in [0.25, 0.3) is 0 Å². The largest absolute Gasteiger partial charge is 0.513 e. The Morgan fingerprint density at radius 2 is 1.61 bits per heavy atom. The molecular formula is C19H26N2O7. The summed E-state index contributed by atoms with van der Waals surface area (Å²) in [5, 5.41) is 0. The Bertz CT molecular complexity index is 655. The van der Waals surface area contributed by atoms with Crippen molar-refractivity contribution in [3.63, 3.8) is 0 Å². The standard InChI is InChI=1S/C19H26N2O7/c1-3-27-19(24)28-16-6-4-15(5-7-16)18(23)21-10-8-20(9-11-21)17(22)14-26-13-12-25-2/h4-7H,3,8-14H2,1-2H3. The summed E-state index contributed by atoms with van der Waals surface area (Å²) in [6.07, 6.45) is -0.784. The number of hydrogen-bond acceptors (Lipinski definition) is 7. The molecule has 9 heteroatoms. The highest BCUT2D eigenvalue weighted by Gasteiger charge is 2.24. The number of benzene rings is 1. The zero-order valence-corrected chi connectivity index (χ0v) is 16.2. The van der Waals surface area contributed by atoms with Crippen molar-refractivity contribution in [3.8, 4) is 5.75 Å². The summed E-state index contributed by atoms with van der Waals surface area (Å²) in [6.45, 7) is 4.56. The van der Waals surface area contributed by atoms with E-state index in [9.17, 15) is 14.4 Å². The van der Waals surface area contributed by atoms with Crippen LogP contribution >= 0.6 is 0 Å². The van der Waals surface area contributed by atoms with E-state index in [1.165, 1.54) is 0 Å². The van der Waals surface area contributed by atoms with E-state index in [-0.39, 0.29) is 25.0 Å². The van der Waals surface area contributed by atoms with Gasteiger partial charge in [0.1, 0.15) is 12.4 Å². The average molecular weight is 394 g/mol. The van der Waals surface area contributed by atoms with E-state index in [4.69, 9.17) is 18.9 Å². The van der Waals surface area contributed by atoms with Gasteiger partial charge in [-0.15, -0.1) is 0 Å². The van der Waals surface area contributed by atoms with Gasteiger partial charge in [0.2, 0.25) is 5.91 Å². The summed E-state index contributed by atoms with van der Waals surface area (Å²) in [5.41, 5.74) is 0.485. The maximum absolute atomic E-state index is 12.6. The second kappa shape index (κ2) is 11.3. The van der Waals surface area contributed by atoms with E-state index in [2.05, 4.69) is 0 Å². The van der Waals surface area contributed by atoms with Gasteiger partial charge in [0.15, 0.2) is 0 Å². The van der Waals surface area contributed by atoms with Crippen molar-refractivity contribution in [2.75, 3.05) is 59.7 Å². The second-order valence-corrected chi connectivity index (χ2v) is 6.03. The minimum absolute atomic E-state index is 0.0131. The number of amides is 2. The van der Waals surface area contributed by atoms with Crippen molar-refractivity contribution in [1.82, 2.24) is 9.80 Å². The first kappa shape index (κ1) is 21.6. The summed E-state index contributed by atoms with van der Waals surface area (Å²) in [7, 11) is 1.57. The van der Waals surface area contributed by atoms with Crippen LogP contribution < -0.4 is 4.74 Å². The van der Waals surface area contributed by atoms with Crippen molar-refractivity contribution in [2.45, 2.75) is 6.92 Å². The van der Waals surface area contributed by atoms with Crippen LogP contribution in [0.2, 0.25) is 0 Å². The Kier molecular flexibility index (Phi) is 8.70. The van der Waals surface area contributed by atoms with Gasteiger partial charge in [0.05, 0.1) is 19.8 Å². The average Bonchev–Trinajstić information content (AvgIpc) is 2.71. The summed E-state index contributed by atoms with van der Waals surface area (Å²) in [4.78, 5) is 39.4. The quantitative estimate of drug-likeness (QED) is 0.371. The first-order chi connectivity index (χ1) is 13.5. The van der Waals surface area contributed by atoms with Gasteiger partial charge in [0.25, 0.3) is 5.91 Å². The van der Waals surface area contributed by atoms with Crippen LogP contribution in [0.5, 0.6) is 5.75 Å². The fourth-order valence-electron chi connectivity index (χ4n) is 2.64. The highest BCUT2D eigenvalue weighted by molar-refractivity contribution is 5.94. The molecule has 0 saturated carbocycles. The smallest absolute Gasteiger partial charge is 0.434 e. The fourth-order valence-corrected chi connectivity index (χ4v) is 2.64. The number of hydrogen-bond donors (Lipinski definition) is 0. The van der Waals surface area contributed by atoms with Crippen LogP contribution in [-0.4, -0.2) is 87.5 Å². The number of piperazine rings is 1. The molecule has 1 fully saturated rings. The lowest BCUT2D eigenvalue weighted by molar-refractivity contribution is -0.138. The van der Waals surface area contributed by atoms with E-state index < -0.39 is 6.16 Å². The molecule has 2 amide bonds. The Morgan fingerprint density at radius 3 is 2.21 bits per heavy atom. The number of rotatable bonds is 8. The highest BCUT2D eigenvalue weighted by Crippen LogP contribution is 2.15.